The third-order valence-electron chi connectivity index (χ3n) is 4.03. The highest BCUT2D eigenvalue weighted by Gasteiger charge is 2.43. The zero-order valence-electron chi connectivity index (χ0n) is 12.2. The van der Waals surface area contributed by atoms with Gasteiger partial charge in [-0.2, -0.15) is 9.97 Å². The zero-order valence-corrected chi connectivity index (χ0v) is 12.2. The Labute approximate surface area is 121 Å². The van der Waals surface area contributed by atoms with Gasteiger partial charge in [0.2, 0.25) is 5.95 Å². The van der Waals surface area contributed by atoms with Crippen LogP contribution < -0.4 is 11.1 Å². The molecule has 114 valence electrons. The van der Waals surface area contributed by atoms with Crippen molar-refractivity contribution in [2.45, 2.75) is 38.8 Å². The van der Waals surface area contributed by atoms with Gasteiger partial charge in [-0.25, -0.2) is 9.37 Å². The van der Waals surface area contributed by atoms with Crippen molar-refractivity contribution >= 4 is 22.9 Å². The number of hydrogen-bond donors (Lipinski definition) is 2. The summed E-state index contributed by atoms with van der Waals surface area (Å²) in [5, 5.41) is 2.91. The third-order valence-corrected chi connectivity index (χ3v) is 4.03. The second kappa shape index (κ2) is 5.10. The number of nitrogens with zero attached hydrogens (tertiary/aromatic N) is 4. The average molecular weight is 294 g/mol. The summed E-state index contributed by atoms with van der Waals surface area (Å²) in [6.07, 6.45) is 0.353. The molecule has 3 heterocycles. The lowest BCUT2D eigenvalue weighted by Gasteiger charge is -2.15. The van der Waals surface area contributed by atoms with E-state index >= 15 is 0 Å². The van der Waals surface area contributed by atoms with Gasteiger partial charge in [-0.15, -0.1) is 0 Å². The molecule has 3 rings (SSSR count). The summed E-state index contributed by atoms with van der Waals surface area (Å²) in [5.74, 6) is 0.465. The van der Waals surface area contributed by atoms with Crippen LogP contribution in [0.4, 0.5) is 16.2 Å². The lowest BCUT2D eigenvalue weighted by atomic mass is 10.00. The third kappa shape index (κ3) is 2.10. The smallest absolute Gasteiger partial charge is 0.224 e. The number of fused-ring (bicyclic) bond motifs is 1. The second-order valence-corrected chi connectivity index (χ2v) is 5.28. The molecule has 0 aliphatic carbocycles. The van der Waals surface area contributed by atoms with Crippen molar-refractivity contribution in [3.05, 3.63) is 6.33 Å². The first kappa shape index (κ1) is 14.0. The second-order valence-electron chi connectivity index (χ2n) is 5.28. The maximum absolute atomic E-state index is 14.5. The Morgan fingerprint density at radius 1 is 1.48 bits per heavy atom. The lowest BCUT2D eigenvalue weighted by molar-refractivity contribution is -0.0186. The fraction of sp³-hybridized carbons (Fsp3) is 0.615. The highest BCUT2D eigenvalue weighted by molar-refractivity contribution is 5.84. The number of alkyl halides is 1. The Morgan fingerprint density at radius 3 is 2.86 bits per heavy atom. The fourth-order valence-corrected chi connectivity index (χ4v) is 2.82. The molecule has 8 heteroatoms. The molecular weight excluding hydrogens is 275 g/mol. The van der Waals surface area contributed by atoms with Crippen LogP contribution in [0.15, 0.2) is 6.33 Å². The van der Waals surface area contributed by atoms with Crippen molar-refractivity contribution in [3.63, 3.8) is 0 Å². The van der Waals surface area contributed by atoms with Crippen molar-refractivity contribution < 1.29 is 9.13 Å². The molecule has 4 atom stereocenters. The Hall–Kier alpha value is -1.96. The molecule has 0 radical (unpaired) electrons. The van der Waals surface area contributed by atoms with Gasteiger partial charge in [0.15, 0.2) is 29.4 Å². The van der Waals surface area contributed by atoms with E-state index in [0.29, 0.717) is 17.0 Å². The molecule has 0 amide bonds. The number of ether oxygens (including phenoxy) is 1. The number of aromatic nitrogens is 4. The Bertz CT molecular complexity index is 659. The van der Waals surface area contributed by atoms with E-state index in [1.165, 1.54) is 6.33 Å². The molecule has 1 aliphatic rings. The molecule has 0 spiro atoms. The minimum Gasteiger partial charge on any atom is -0.371 e. The number of rotatable bonds is 3. The maximum Gasteiger partial charge on any atom is 0.224 e. The first-order chi connectivity index (χ1) is 10.1. The van der Waals surface area contributed by atoms with E-state index in [4.69, 9.17) is 10.5 Å². The van der Waals surface area contributed by atoms with E-state index < -0.39 is 12.4 Å². The number of anilines is 2. The Balaban J connectivity index is 2.07. The van der Waals surface area contributed by atoms with Crippen molar-refractivity contribution in [2.75, 3.05) is 18.1 Å². The number of nitrogens with two attached hydrogens (primary N) is 1. The summed E-state index contributed by atoms with van der Waals surface area (Å²) in [6, 6.07) is 0. The minimum atomic E-state index is -1.11. The van der Waals surface area contributed by atoms with Gasteiger partial charge in [0.25, 0.3) is 0 Å². The van der Waals surface area contributed by atoms with Gasteiger partial charge < -0.3 is 15.8 Å². The Morgan fingerprint density at radius 2 is 2.24 bits per heavy atom. The molecule has 0 bridgehead atoms. The summed E-state index contributed by atoms with van der Waals surface area (Å²) in [5.41, 5.74) is 6.73. The normalized spacial score (nSPS) is 29.1. The highest BCUT2D eigenvalue weighted by atomic mass is 19.1. The van der Waals surface area contributed by atoms with Crippen molar-refractivity contribution in [1.29, 1.82) is 0 Å². The van der Waals surface area contributed by atoms with Gasteiger partial charge >= 0.3 is 0 Å². The minimum absolute atomic E-state index is 0.106. The lowest BCUT2D eigenvalue weighted by Crippen LogP contribution is -2.20. The van der Waals surface area contributed by atoms with Gasteiger partial charge in [0.1, 0.15) is 0 Å². The number of imidazole rings is 1. The topological polar surface area (TPSA) is 90.9 Å². The summed E-state index contributed by atoms with van der Waals surface area (Å²) in [6.45, 7) is 3.85. The molecule has 21 heavy (non-hydrogen) atoms. The number of nitrogen functional groups attached to an aromatic ring is 1. The summed E-state index contributed by atoms with van der Waals surface area (Å²) >= 11 is 0. The molecule has 0 saturated carbocycles. The Kier molecular flexibility index (Phi) is 3.40. The molecule has 1 aliphatic heterocycles. The van der Waals surface area contributed by atoms with Crippen molar-refractivity contribution in [2.24, 2.45) is 5.92 Å². The van der Waals surface area contributed by atoms with E-state index in [1.54, 1.807) is 11.6 Å². The maximum atomic E-state index is 14.5. The van der Waals surface area contributed by atoms with E-state index in [2.05, 4.69) is 20.3 Å². The number of hydrogen-bond acceptors (Lipinski definition) is 6. The van der Waals surface area contributed by atoms with Crippen molar-refractivity contribution in [1.82, 2.24) is 19.5 Å². The molecule has 3 N–H and O–H groups in total. The van der Waals surface area contributed by atoms with Gasteiger partial charge in [0.05, 0.1) is 12.4 Å². The standard InChI is InChI=1S/C13H19FN6O/c1-4-7-6(2)8(14)12(21-7)20-5-17-9-10(16-3)18-13(15)19-11(9)20/h5-8,12H,4H2,1-3H3,(H3,15,16,18,19)/t6-,7-,8-,12-/m1/s1. The van der Waals surface area contributed by atoms with Crippen LogP contribution in [0, 0.1) is 5.92 Å². The molecule has 7 nitrogen and oxygen atoms in total. The van der Waals surface area contributed by atoms with Crippen LogP contribution in [0.1, 0.15) is 26.5 Å². The molecule has 2 aromatic heterocycles. The van der Waals surface area contributed by atoms with E-state index in [9.17, 15) is 4.39 Å². The monoisotopic (exact) mass is 294 g/mol. The average Bonchev–Trinajstić information content (AvgIpc) is 3.01. The van der Waals surface area contributed by atoms with Crippen LogP contribution in [0.25, 0.3) is 11.2 Å². The first-order valence-electron chi connectivity index (χ1n) is 7.04. The largest absolute Gasteiger partial charge is 0.371 e. The molecule has 1 fully saturated rings. The van der Waals surface area contributed by atoms with Crippen molar-refractivity contribution in [3.8, 4) is 0 Å². The molecular formula is C13H19FN6O. The summed E-state index contributed by atoms with van der Waals surface area (Å²) in [7, 11) is 1.72. The van der Waals surface area contributed by atoms with Crippen LogP contribution in [-0.4, -0.2) is 38.8 Å². The number of nitrogens with one attached hydrogen (secondary N) is 1. The van der Waals surface area contributed by atoms with Gasteiger partial charge in [0, 0.05) is 13.0 Å². The zero-order chi connectivity index (χ0) is 15.1. The summed E-state index contributed by atoms with van der Waals surface area (Å²) < 4.78 is 22.0. The van der Waals surface area contributed by atoms with Gasteiger partial charge in [-0.05, 0) is 6.42 Å². The predicted molar refractivity (Wildman–Crippen MR) is 77.5 cm³/mol. The van der Waals surface area contributed by atoms with E-state index in [1.807, 2.05) is 13.8 Å². The number of halogens is 1. The quantitative estimate of drug-likeness (QED) is 0.896. The van der Waals surface area contributed by atoms with Gasteiger partial charge in [-0.1, -0.05) is 13.8 Å². The van der Waals surface area contributed by atoms with Crippen LogP contribution in [0.2, 0.25) is 0 Å². The first-order valence-corrected chi connectivity index (χ1v) is 7.04. The molecule has 0 aromatic carbocycles. The van der Waals surface area contributed by atoms with Gasteiger partial charge in [-0.3, -0.25) is 4.57 Å². The van der Waals surface area contributed by atoms with Crippen LogP contribution in [0.5, 0.6) is 0 Å². The highest BCUT2D eigenvalue weighted by Crippen LogP contribution is 2.38. The van der Waals surface area contributed by atoms with Crippen LogP contribution in [0.3, 0.4) is 0 Å². The SMILES string of the molecule is CC[C@H]1O[C@@H](n2cnc3c(NC)nc(N)nc32)[C@H](F)[C@@H]1C. The van der Waals surface area contributed by atoms with Crippen LogP contribution >= 0.6 is 0 Å². The van der Waals surface area contributed by atoms with E-state index in [0.717, 1.165) is 6.42 Å². The summed E-state index contributed by atoms with van der Waals surface area (Å²) in [4.78, 5) is 12.5. The van der Waals surface area contributed by atoms with Crippen LogP contribution in [-0.2, 0) is 4.74 Å². The predicted octanol–water partition coefficient (Wildman–Crippen LogP) is 1.73. The molecule has 2 aromatic rings. The fourth-order valence-electron chi connectivity index (χ4n) is 2.82. The molecule has 1 saturated heterocycles. The van der Waals surface area contributed by atoms with E-state index in [-0.39, 0.29) is 18.0 Å². The molecule has 0 unspecified atom stereocenters.